The summed E-state index contributed by atoms with van der Waals surface area (Å²) in [7, 11) is 0. The number of carbonyl (C=O) groups is 1. The molecule has 2 rings (SSSR count). The third-order valence-electron chi connectivity index (χ3n) is 2.32. The van der Waals surface area contributed by atoms with Crippen molar-refractivity contribution in [3.63, 3.8) is 0 Å². The average molecular weight is 293 g/mol. The largest absolute Gasteiger partial charge is 0.389 e. The smallest absolute Gasteiger partial charge is 0.258 e. The lowest BCUT2D eigenvalue weighted by atomic mass is 10.2. The van der Waals surface area contributed by atoms with Crippen molar-refractivity contribution in [1.82, 2.24) is 9.97 Å². The number of nitrogens with one attached hydrogen (secondary N) is 1. The van der Waals surface area contributed by atoms with Gasteiger partial charge in [-0.05, 0) is 18.2 Å². The van der Waals surface area contributed by atoms with E-state index in [4.69, 9.17) is 29.6 Å². The molecule has 7 heteroatoms. The van der Waals surface area contributed by atoms with E-state index < -0.39 is 0 Å². The first kappa shape index (κ1) is 13.4. The van der Waals surface area contributed by atoms with Crippen LogP contribution in [-0.4, -0.2) is 20.9 Å². The number of aromatic nitrogens is 2. The van der Waals surface area contributed by atoms with E-state index in [2.05, 4.69) is 15.3 Å². The fourth-order valence-electron chi connectivity index (χ4n) is 1.38. The Morgan fingerprint density at radius 3 is 2.53 bits per heavy atom. The van der Waals surface area contributed by atoms with Gasteiger partial charge in [0.25, 0.3) is 5.91 Å². The van der Waals surface area contributed by atoms with Crippen molar-refractivity contribution in [2.75, 3.05) is 5.32 Å². The SMILES string of the molecule is NC(=S)c1ccc(NC(=O)c2cncnc2)c(Cl)c1. The van der Waals surface area contributed by atoms with Gasteiger partial charge in [0, 0.05) is 18.0 Å². The molecule has 0 bridgehead atoms. The molecule has 0 unspecified atom stereocenters. The number of thiocarbonyl (C=S) groups is 1. The summed E-state index contributed by atoms with van der Waals surface area (Å²) in [6, 6.07) is 4.92. The van der Waals surface area contributed by atoms with E-state index in [1.807, 2.05) is 0 Å². The highest BCUT2D eigenvalue weighted by Crippen LogP contribution is 2.23. The second-order valence-corrected chi connectivity index (χ2v) is 4.49. The quantitative estimate of drug-likeness (QED) is 0.846. The first-order chi connectivity index (χ1) is 9.08. The summed E-state index contributed by atoms with van der Waals surface area (Å²) in [4.78, 5) is 19.7. The van der Waals surface area contributed by atoms with Gasteiger partial charge >= 0.3 is 0 Å². The van der Waals surface area contributed by atoms with Crippen LogP contribution in [0, 0.1) is 0 Å². The van der Waals surface area contributed by atoms with Gasteiger partial charge in [0.2, 0.25) is 0 Å². The zero-order chi connectivity index (χ0) is 13.8. The summed E-state index contributed by atoms with van der Waals surface area (Å²) in [6.45, 7) is 0. The molecular formula is C12H9ClN4OS. The monoisotopic (exact) mass is 292 g/mol. The van der Waals surface area contributed by atoms with Gasteiger partial charge in [0.05, 0.1) is 16.3 Å². The maximum atomic E-state index is 11.9. The molecule has 0 saturated carbocycles. The first-order valence-corrected chi connectivity index (χ1v) is 6.02. The summed E-state index contributed by atoms with van der Waals surface area (Å²) < 4.78 is 0. The molecule has 0 fully saturated rings. The molecule has 0 aliphatic rings. The van der Waals surface area contributed by atoms with Gasteiger partial charge < -0.3 is 11.1 Å². The number of nitrogens with zero attached hydrogens (tertiary/aromatic N) is 2. The molecule has 0 aliphatic heterocycles. The van der Waals surface area contributed by atoms with Crippen LogP contribution in [0.5, 0.6) is 0 Å². The number of rotatable bonds is 3. The third kappa shape index (κ3) is 3.24. The Bertz CT molecular complexity index is 633. The van der Waals surface area contributed by atoms with Crippen molar-refractivity contribution in [3.8, 4) is 0 Å². The van der Waals surface area contributed by atoms with Crippen LogP contribution in [-0.2, 0) is 0 Å². The molecule has 0 aliphatic carbocycles. The third-order valence-corrected chi connectivity index (χ3v) is 2.87. The summed E-state index contributed by atoms with van der Waals surface area (Å²) in [5.74, 6) is -0.342. The molecule has 1 aromatic heterocycles. The number of hydrogen-bond acceptors (Lipinski definition) is 4. The Morgan fingerprint density at radius 1 is 1.26 bits per heavy atom. The van der Waals surface area contributed by atoms with Gasteiger partial charge in [0.1, 0.15) is 11.3 Å². The van der Waals surface area contributed by atoms with Crippen LogP contribution in [0.2, 0.25) is 5.02 Å². The molecule has 96 valence electrons. The van der Waals surface area contributed by atoms with Gasteiger partial charge in [-0.1, -0.05) is 23.8 Å². The number of halogens is 1. The van der Waals surface area contributed by atoms with E-state index in [9.17, 15) is 4.79 Å². The van der Waals surface area contributed by atoms with Crippen LogP contribution in [0.15, 0.2) is 36.9 Å². The fraction of sp³-hybridized carbons (Fsp3) is 0. The predicted molar refractivity (Wildman–Crippen MR) is 77.3 cm³/mol. The number of hydrogen-bond donors (Lipinski definition) is 2. The molecule has 0 spiro atoms. The minimum absolute atomic E-state index is 0.247. The molecule has 1 aromatic carbocycles. The lowest BCUT2D eigenvalue weighted by Gasteiger charge is -2.08. The Hall–Kier alpha value is -2.05. The molecule has 0 atom stereocenters. The zero-order valence-corrected chi connectivity index (χ0v) is 11.2. The maximum absolute atomic E-state index is 11.9. The second kappa shape index (κ2) is 5.73. The van der Waals surface area contributed by atoms with Gasteiger partial charge in [0.15, 0.2) is 0 Å². The molecule has 1 amide bonds. The lowest BCUT2D eigenvalue weighted by molar-refractivity contribution is 0.102. The Morgan fingerprint density at radius 2 is 1.95 bits per heavy atom. The highest BCUT2D eigenvalue weighted by molar-refractivity contribution is 7.80. The highest BCUT2D eigenvalue weighted by Gasteiger charge is 2.09. The Labute approximate surface area is 119 Å². The van der Waals surface area contributed by atoms with Crippen molar-refractivity contribution in [2.24, 2.45) is 5.73 Å². The van der Waals surface area contributed by atoms with E-state index in [-0.39, 0.29) is 10.9 Å². The Balaban J connectivity index is 2.20. The minimum atomic E-state index is -0.342. The van der Waals surface area contributed by atoms with Crippen molar-refractivity contribution in [3.05, 3.63) is 53.1 Å². The van der Waals surface area contributed by atoms with E-state index in [1.54, 1.807) is 18.2 Å². The van der Waals surface area contributed by atoms with Gasteiger partial charge in [-0.2, -0.15) is 0 Å². The summed E-state index contributed by atoms with van der Waals surface area (Å²) in [5, 5.41) is 3.01. The molecule has 0 saturated heterocycles. The molecule has 5 nitrogen and oxygen atoms in total. The standard InChI is InChI=1S/C12H9ClN4OS/c13-9-3-7(11(14)19)1-2-10(9)17-12(18)8-4-15-6-16-5-8/h1-6H,(H2,14,19)(H,17,18). The predicted octanol–water partition coefficient (Wildman–Crippen LogP) is 2.02. The summed E-state index contributed by atoms with van der Waals surface area (Å²) in [5.41, 5.74) is 6.95. The van der Waals surface area contributed by atoms with Crippen LogP contribution in [0.25, 0.3) is 0 Å². The van der Waals surface area contributed by atoms with Crippen LogP contribution >= 0.6 is 23.8 Å². The van der Waals surface area contributed by atoms with E-state index in [0.29, 0.717) is 21.8 Å². The van der Waals surface area contributed by atoms with Crippen LogP contribution in [0.1, 0.15) is 15.9 Å². The molecule has 19 heavy (non-hydrogen) atoms. The minimum Gasteiger partial charge on any atom is -0.389 e. The van der Waals surface area contributed by atoms with Crippen molar-refractivity contribution >= 4 is 40.4 Å². The molecular weight excluding hydrogens is 284 g/mol. The zero-order valence-electron chi connectivity index (χ0n) is 9.63. The van der Waals surface area contributed by atoms with Crippen LogP contribution < -0.4 is 11.1 Å². The molecule has 2 aromatic rings. The van der Waals surface area contributed by atoms with E-state index in [1.165, 1.54) is 18.7 Å². The second-order valence-electron chi connectivity index (χ2n) is 3.64. The van der Waals surface area contributed by atoms with E-state index >= 15 is 0 Å². The number of nitrogens with two attached hydrogens (primary N) is 1. The molecule has 1 heterocycles. The fourth-order valence-corrected chi connectivity index (χ4v) is 1.74. The number of amides is 1. The number of carbonyl (C=O) groups excluding carboxylic acids is 1. The number of anilines is 1. The van der Waals surface area contributed by atoms with Crippen molar-refractivity contribution < 1.29 is 4.79 Å². The maximum Gasteiger partial charge on any atom is 0.258 e. The lowest BCUT2D eigenvalue weighted by Crippen LogP contribution is -2.14. The highest BCUT2D eigenvalue weighted by atomic mass is 35.5. The molecule has 3 N–H and O–H groups in total. The van der Waals surface area contributed by atoms with Crippen LogP contribution in [0.4, 0.5) is 5.69 Å². The summed E-state index contributed by atoms with van der Waals surface area (Å²) in [6.07, 6.45) is 4.18. The first-order valence-electron chi connectivity index (χ1n) is 5.23. The average Bonchev–Trinajstić information content (AvgIpc) is 2.41. The summed E-state index contributed by atoms with van der Waals surface area (Å²) >= 11 is 10.9. The topological polar surface area (TPSA) is 80.9 Å². The number of benzene rings is 1. The van der Waals surface area contributed by atoms with E-state index in [0.717, 1.165) is 0 Å². The van der Waals surface area contributed by atoms with Crippen molar-refractivity contribution in [1.29, 1.82) is 0 Å². The molecule has 0 radical (unpaired) electrons. The Kier molecular flexibility index (Phi) is 4.03. The van der Waals surface area contributed by atoms with Gasteiger partial charge in [-0.25, -0.2) is 9.97 Å². The van der Waals surface area contributed by atoms with Gasteiger partial charge in [-0.3, -0.25) is 4.79 Å². The van der Waals surface area contributed by atoms with Crippen molar-refractivity contribution in [2.45, 2.75) is 0 Å². The normalized spacial score (nSPS) is 9.95. The van der Waals surface area contributed by atoms with Gasteiger partial charge in [-0.15, -0.1) is 0 Å². The van der Waals surface area contributed by atoms with Crippen LogP contribution in [0.3, 0.4) is 0 Å².